The molecule has 1 fully saturated rings. The lowest BCUT2D eigenvalue weighted by atomic mass is 9.84. The van der Waals surface area contributed by atoms with E-state index in [0.29, 0.717) is 13.0 Å². The largest absolute Gasteiger partial charge is 0.355 e. The number of benzene rings is 1. The quantitative estimate of drug-likeness (QED) is 0.848. The molecule has 1 atom stereocenters. The Kier molecular flexibility index (Phi) is 5.43. The maximum absolute atomic E-state index is 12.9. The minimum absolute atomic E-state index is 0.0595. The zero-order valence-corrected chi connectivity index (χ0v) is 17.4. The van der Waals surface area contributed by atoms with Gasteiger partial charge in [-0.2, -0.15) is 0 Å². The second kappa shape index (κ2) is 8.01. The first-order valence-electron chi connectivity index (χ1n) is 10.6. The molecule has 0 spiro atoms. The van der Waals surface area contributed by atoms with E-state index in [0.717, 1.165) is 55.7 Å². The summed E-state index contributed by atoms with van der Waals surface area (Å²) in [6.07, 6.45) is 7.23. The Morgan fingerprint density at radius 2 is 1.93 bits per heavy atom. The van der Waals surface area contributed by atoms with E-state index in [-0.39, 0.29) is 17.7 Å². The van der Waals surface area contributed by atoms with Gasteiger partial charge >= 0.3 is 0 Å². The van der Waals surface area contributed by atoms with Gasteiger partial charge in [0, 0.05) is 57.0 Å². The highest BCUT2D eigenvalue weighted by molar-refractivity contribution is 5.84. The van der Waals surface area contributed by atoms with Gasteiger partial charge in [0.05, 0.1) is 5.41 Å². The summed E-state index contributed by atoms with van der Waals surface area (Å²) in [7, 11) is 3.60. The van der Waals surface area contributed by atoms with Crippen LogP contribution in [-0.2, 0) is 22.6 Å². The first-order chi connectivity index (χ1) is 14.0. The van der Waals surface area contributed by atoms with Crippen LogP contribution in [0.4, 0.5) is 0 Å². The summed E-state index contributed by atoms with van der Waals surface area (Å²) in [5.74, 6) is 1.12. The second-order valence-corrected chi connectivity index (χ2v) is 8.69. The fourth-order valence-electron chi connectivity index (χ4n) is 4.90. The lowest BCUT2D eigenvalue weighted by molar-refractivity contribution is -0.139. The van der Waals surface area contributed by atoms with Crippen molar-refractivity contribution >= 4 is 11.8 Å². The van der Waals surface area contributed by atoms with Gasteiger partial charge in [0.25, 0.3) is 0 Å². The van der Waals surface area contributed by atoms with E-state index < -0.39 is 5.41 Å². The minimum Gasteiger partial charge on any atom is -0.355 e. The number of nitrogens with one attached hydrogen (secondary N) is 1. The number of carbonyl (C=O) groups excluding carboxylic acids is 2. The third-order valence-corrected chi connectivity index (χ3v) is 6.52. The molecule has 0 unspecified atom stereocenters. The maximum atomic E-state index is 12.9. The van der Waals surface area contributed by atoms with Crippen molar-refractivity contribution in [2.45, 2.75) is 45.1 Å². The molecule has 1 aromatic carbocycles. The van der Waals surface area contributed by atoms with E-state index in [2.05, 4.69) is 27.0 Å². The number of amides is 2. The van der Waals surface area contributed by atoms with E-state index >= 15 is 0 Å². The van der Waals surface area contributed by atoms with Crippen LogP contribution in [0.1, 0.15) is 37.8 Å². The number of hydrogen-bond donors (Lipinski definition) is 1. The molecule has 4 rings (SSSR count). The average molecular weight is 395 g/mol. The number of aromatic nitrogens is 2. The molecule has 2 amide bonds. The van der Waals surface area contributed by atoms with Crippen LogP contribution in [-0.4, -0.2) is 46.9 Å². The molecule has 0 radical (unpaired) electrons. The van der Waals surface area contributed by atoms with Gasteiger partial charge in [0.2, 0.25) is 11.8 Å². The van der Waals surface area contributed by atoms with E-state index in [9.17, 15) is 9.59 Å². The van der Waals surface area contributed by atoms with Crippen molar-refractivity contribution < 1.29 is 9.59 Å². The first-order valence-corrected chi connectivity index (χ1v) is 10.6. The SMILES string of the molecule is CN(C)C(=O)C1(CNC(=O)[C@@H]2CCn3c(cnc3-c3ccccc3)C2)CCCC1. The molecule has 0 saturated heterocycles. The van der Waals surface area contributed by atoms with Crippen molar-refractivity contribution in [3.05, 3.63) is 42.2 Å². The van der Waals surface area contributed by atoms with Crippen molar-refractivity contribution in [1.29, 1.82) is 0 Å². The zero-order chi connectivity index (χ0) is 20.4. The summed E-state index contributed by atoms with van der Waals surface area (Å²) < 4.78 is 2.23. The highest BCUT2D eigenvalue weighted by Gasteiger charge is 2.42. The topological polar surface area (TPSA) is 67.2 Å². The molecule has 2 aromatic rings. The second-order valence-electron chi connectivity index (χ2n) is 8.69. The number of rotatable bonds is 5. The van der Waals surface area contributed by atoms with Crippen LogP contribution < -0.4 is 5.32 Å². The number of carbonyl (C=O) groups is 2. The van der Waals surface area contributed by atoms with E-state index in [4.69, 9.17) is 0 Å². The van der Waals surface area contributed by atoms with Crippen molar-refractivity contribution in [3.8, 4) is 11.4 Å². The van der Waals surface area contributed by atoms with Gasteiger partial charge in [-0.1, -0.05) is 43.2 Å². The van der Waals surface area contributed by atoms with Gasteiger partial charge in [-0.15, -0.1) is 0 Å². The molecule has 1 aliphatic heterocycles. The highest BCUT2D eigenvalue weighted by atomic mass is 16.2. The Morgan fingerprint density at radius 3 is 2.62 bits per heavy atom. The van der Waals surface area contributed by atoms with Crippen molar-refractivity contribution in [1.82, 2.24) is 19.8 Å². The third kappa shape index (κ3) is 3.80. The molecule has 6 nitrogen and oxygen atoms in total. The monoisotopic (exact) mass is 394 g/mol. The number of nitrogens with zero attached hydrogens (tertiary/aromatic N) is 3. The van der Waals surface area contributed by atoms with Gasteiger partial charge in [0.1, 0.15) is 5.82 Å². The standard InChI is InChI=1S/C23H30N4O2/c1-26(2)22(29)23(11-6-7-12-23)16-25-21(28)18-10-13-27-19(14-18)15-24-20(27)17-8-4-3-5-9-17/h3-5,8-9,15,18H,6-7,10-14,16H2,1-2H3,(H,25,28)/t18-/m1/s1. The summed E-state index contributed by atoms with van der Waals surface area (Å²) in [4.78, 5) is 31.9. The van der Waals surface area contributed by atoms with E-state index in [1.807, 2.05) is 24.4 Å². The fourth-order valence-corrected chi connectivity index (χ4v) is 4.90. The molecule has 29 heavy (non-hydrogen) atoms. The Labute approximate surface area is 172 Å². The normalized spacial score (nSPS) is 20.1. The van der Waals surface area contributed by atoms with Gasteiger partial charge in [0.15, 0.2) is 0 Å². The molecular formula is C23H30N4O2. The average Bonchev–Trinajstić information content (AvgIpc) is 3.39. The van der Waals surface area contributed by atoms with Crippen LogP contribution in [0.3, 0.4) is 0 Å². The lowest BCUT2D eigenvalue weighted by Gasteiger charge is -2.32. The van der Waals surface area contributed by atoms with Crippen LogP contribution in [0.5, 0.6) is 0 Å². The van der Waals surface area contributed by atoms with Gasteiger partial charge in [-0.25, -0.2) is 4.98 Å². The number of fused-ring (bicyclic) bond motifs is 1. The van der Waals surface area contributed by atoms with E-state index in [1.54, 1.807) is 19.0 Å². The molecule has 6 heteroatoms. The van der Waals surface area contributed by atoms with Crippen molar-refractivity contribution in [3.63, 3.8) is 0 Å². The molecule has 154 valence electrons. The summed E-state index contributed by atoms with van der Waals surface area (Å²) in [6, 6.07) is 10.2. The zero-order valence-electron chi connectivity index (χ0n) is 17.4. The minimum atomic E-state index is -0.421. The molecule has 2 heterocycles. The summed E-state index contributed by atoms with van der Waals surface area (Å²) in [5.41, 5.74) is 1.79. The van der Waals surface area contributed by atoms with Crippen LogP contribution in [0.25, 0.3) is 11.4 Å². The lowest BCUT2D eigenvalue weighted by Crippen LogP contribution is -2.48. The Bertz CT molecular complexity index is 882. The Morgan fingerprint density at radius 1 is 1.21 bits per heavy atom. The van der Waals surface area contributed by atoms with Crippen LogP contribution in [0.15, 0.2) is 36.5 Å². The summed E-state index contributed by atoms with van der Waals surface area (Å²) >= 11 is 0. The fraction of sp³-hybridized carbons (Fsp3) is 0.522. The van der Waals surface area contributed by atoms with Gasteiger partial charge in [-0.05, 0) is 19.3 Å². The first kappa shape index (κ1) is 19.7. The number of imidazole rings is 1. The van der Waals surface area contributed by atoms with Crippen LogP contribution >= 0.6 is 0 Å². The third-order valence-electron chi connectivity index (χ3n) is 6.52. The summed E-state index contributed by atoms with van der Waals surface area (Å²) in [5, 5.41) is 3.12. The highest BCUT2D eigenvalue weighted by Crippen LogP contribution is 2.39. The van der Waals surface area contributed by atoms with Gasteiger partial charge in [-0.3, -0.25) is 9.59 Å². The van der Waals surface area contributed by atoms with Crippen LogP contribution in [0, 0.1) is 11.3 Å². The molecule has 1 N–H and O–H groups in total. The summed E-state index contributed by atoms with van der Waals surface area (Å²) in [6.45, 7) is 1.24. The number of hydrogen-bond acceptors (Lipinski definition) is 3. The molecule has 1 saturated carbocycles. The Balaban J connectivity index is 1.41. The molecular weight excluding hydrogens is 364 g/mol. The van der Waals surface area contributed by atoms with Crippen LogP contribution in [0.2, 0.25) is 0 Å². The predicted octanol–water partition coefficient (Wildman–Crippen LogP) is 2.88. The van der Waals surface area contributed by atoms with Crippen molar-refractivity contribution in [2.24, 2.45) is 11.3 Å². The predicted molar refractivity (Wildman–Crippen MR) is 112 cm³/mol. The smallest absolute Gasteiger partial charge is 0.230 e. The van der Waals surface area contributed by atoms with E-state index in [1.165, 1.54) is 0 Å². The molecule has 0 bridgehead atoms. The maximum Gasteiger partial charge on any atom is 0.230 e. The Hall–Kier alpha value is -2.63. The molecule has 1 aliphatic carbocycles. The molecule has 2 aliphatic rings. The van der Waals surface area contributed by atoms with Crippen molar-refractivity contribution in [2.75, 3.05) is 20.6 Å². The molecule has 1 aromatic heterocycles. The van der Waals surface area contributed by atoms with Gasteiger partial charge < -0.3 is 14.8 Å².